The van der Waals surface area contributed by atoms with Gasteiger partial charge >= 0.3 is 0 Å². The van der Waals surface area contributed by atoms with Crippen LogP contribution in [0.2, 0.25) is 0 Å². The van der Waals surface area contributed by atoms with E-state index in [0.717, 1.165) is 31.4 Å². The van der Waals surface area contributed by atoms with Crippen LogP contribution in [0, 0.1) is 6.92 Å². The van der Waals surface area contributed by atoms with E-state index in [4.69, 9.17) is 4.42 Å². The highest BCUT2D eigenvalue weighted by atomic mass is 16.3. The third-order valence-corrected chi connectivity index (χ3v) is 3.54. The van der Waals surface area contributed by atoms with Gasteiger partial charge in [0.1, 0.15) is 11.5 Å². The first kappa shape index (κ1) is 13.9. The minimum atomic E-state index is -0.719. The second kappa shape index (κ2) is 6.06. The van der Waals surface area contributed by atoms with Crippen molar-refractivity contribution in [1.82, 2.24) is 5.32 Å². The Labute approximate surface area is 113 Å². The van der Waals surface area contributed by atoms with E-state index in [2.05, 4.69) is 5.32 Å². The number of amides is 1. The number of carbonyl (C=O) groups is 1. The van der Waals surface area contributed by atoms with Gasteiger partial charge in [0.15, 0.2) is 0 Å². The number of aryl methyl sites for hydroxylation is 1. The third kappa shape index (κ3) is 4.24. The average Bonchev–Trinajstić information content (AvgIpc) is 2.81. The summed E-state index contributed by atoms with van der Waals surface area (Å²) >= 11 is 0. The van der Waals surface area contributed by atoms with Crippen LogP contribution < -0.4 is 5.32 Å². The Balaban J connectivity index is 1.79. The lowest BCUT2D eigenvalue weighted by atomic mass is 9.85. The summed E-state index contributed by atoms with van der Waals surface area (Å²) in [5, 5.41) is 13.0. The molecule has 19 heavy (non-hydrogen) atoms. The number of hydrogen-bond acceptors (Lipinski definition) is 3. The summed E-state index contributed by atoms with van der Waals surface area (Å²) in [6.07, 6.45) is 7.86. The number of nitrogens with one attached hydrogen (secondary N) is 1. The van der Waals surface area contributed by atoms with E-state index in [1.165, 1.54) is 12.5 Å². The largest absolute Gasteiger partial charge is 0.462 e. The van der Waals surface area contributed by atoms with E-state index < -0.39 is 5.60 Å². The lowest BCUT2D eigenvalue weighted by Gasteiger charge is -2.31. The van der Waals surface area contributed by atoms with Crippen molar-refractivity contribution < 1.29 is 14.3 Å². The molecule has 1 aliphatic rings. The van der Waals surface area contributed by atoms with Crippen LogP contribution >= 0.6 is 0 Å². The standard InChI is InChI=1S/C15H21NO3/c1-12-5-6-13(19-12)7-8-14(17)16-11-15(18)9-3-2-4-10-15/h5-8,18H,2-4,9-11H2,1H3,(H,16,17)/b8-7+. The van der Waals surface area contributed by atoms with E-state index in [9.17, 15) is 9.90 Å². The molecule has 1 fully saturated rings. The van der Waals surface area contributed by atoms with Crippen LogP contribution in [0.5, 0.6) is 0 Å². The SMILES string of the molecule is Cc1ccc(/C=C/C(=O)NCC2(O)CCCCC2)o1. The maximum Gasteiger partial charge on any atom is 0.244 e. The van der Waals surface area contributed by atoms with Crippen molar-refractivity contribution in [3.8, 4) is 0 Å². The second-order valence-electron chi connectivity index (χ2n) is 5.28. The quantitative estimate of drug-likeness (QED) is 0.820. The topological polar surface area (TPSA) is 62.5 Å². The molecule has 2 N–H and O–H groups in total. The second-order valence-corrected chi connectivity index (χ2v) is 5.28. The first-order valence-corrected chi connectivity index (χ1v) is 6.82. The van der Waals surface area contributed by atoms with Gasteiger partial charge in [-0.1, -0.05) is 19.3 Å². The summed E-state index contributed by atoms with van der Waals surface area (Å²) in [5.41, 5.74) is -0.719. The van der Waals surface area contributed by atoms with E-state index >= 15 is 0 Å². The van der Waals surface area contributed by atoms with Crippen LogP contribution in [-0.2, 0) is 4.79 Å². The van der Waals surface area contributed by atoms with Gasteiger partial charge in [0.25, 0.3) is 0 Å². The Morgan fingerprint density at radius 2 is 2.16 bits per heavy atom. The van der Waals surface area contributed by atoms with Gasteiger partial charge in [-0.25, -0.2) is 0 Å². The zero-order valence-corrected chi connectivity index (χ0v) is 11.3. The fourth-order valence-electron chi connectivity index (χ4n) is 2.40. The highest BCUT2D eigenvalue weighted by molar-refractivity contribution is 5.91. The van der Waals surface area contributed by atoms with Crippen LogP contribution in [0.4, 0.5) is 0 Å². The van der Waals surface area contributed by atoms with Gasteiger partial charge in [0.2, 0.25) is 5.91 Å². The molecule has 0 saturated heterocycles. The van der Waals surface area contributed by atoms with Crippen molar-refractivity contribution in [2.45, 2.75) is 44.6 Å². The van der Waals surface area contributed by atoms with Crippen molar-refractivity contribution >= 4 is 12.0 Å². The highest BCUT2D eigenvalue weighted by Gasteiger charge is 2.29. The molecule has 1 heterocycles. The fourth-order valence-corrected chi connectivity index (χ4v) is 2.40. The molecule has 0 aliphatic heterocycles. The van der Waals surface area contributed by atoms with E-state index in [0.29, 0.717) is 12.3 Å². The number of carbonyl (C=O) groups excluding carboxylic acids is 1. The zero-order valence-electron chi connectivity index (χ0n) is 11.3. The Hall–Kier alpha value is -1.55. The van der Waals surface area contributed by atoms with E-state index in [1.807, 2.05) is 19.1 Å². The fraction of sp³-hybridized carbons (Fsp3) is 0.533. The Kier molecular flexibility index (Phi) is 4.43. The van der Waals surface area contributed by atoms with Gasteiger partial charge in [-0.15, -0.1) is 0 Å². The van der Waals surface area contributed by atoms with Gasteiger partial charge in [-0.05, 0) is 38.0 Å². The van der Waals surface area contributed by atoms with Crippen molar-refractivity contribution in [3.05, 3.63) is 29.7 Å². The monoisotopic (exact) mass is 263 g/mol. The molecule has 4 nitrogen and oxygen atoms in total. The predicted octanol–water partition coefficient (Wildman–Crippen LogP) is 2.41. The van der Waals surface area contributed by atoms with Gasteiger partial charge in [0.05, 0.1) is 5.60 Å². The molecule has 2 rings (SSSR count). The molecule has 1 aliphatic carbocycles. The Morgan fingerprint density at radius 1 is 1.42 bits per heavy atom. The third-order valence-electron chi connectivity index (χ3n) is 3.54. The lowest BCUT2D eigenvalue weighted by Crippen LogP contribution is -2.43. The molecular formula is C15H21NO3. The van der Waals surface area contributed by atoms with Crippen molar-refractivity contribution in [1.29, 1.82) is 0 Å². The number of rotatable bonds is 4. The van der Waals surface area contributed by atoms with Crippen molar-refractivity contribution in [2.24, 2.45) is 0 Å². The van der Waals surface area contributed by atoms with E-state index in [1.54, 1.807) is 6.08 Å². The molecule has 0 spiro atoms. The number of aliphatic hydroxyl groups is 1. The van der Waals surface area contributed by atoms with Crippen LogP contribution in [0.15, 0.2) is 22.6 Å². The Bertz CT molecular complexity index is 456. The molecule has 1 aromatic rings. The molecule has 1 amide bonds. The number of furan rings is 1. The minimum Gasteiger partial charge on any atom is -0.462 e. The summed E-state index contributed by atoms with van der Waals surface area (Å²) in [7, 11) is 0. The minimum absolute atomic E-state index is 0.201. The first-order chi connectivity index (χ1) is 9.07. The summed E-state index contributed by atoms with van der Waals surface area (Å²) < 4.78 is 5.33. The lowest BCUT2D eigenvalue weighted by molar-refractivity contribution is -0.118. The number of hydrogen-bond donors (Lipinski definition) is 2. The molecule has 0 radical (unpaired) electrons. The average molecular weight is 263 g/mol. The van der Waals surface area contributed by atoms with Gasteiger partial charge in [0, 0.05) is 12.6 Å². The van der Waals surface area contributed by atoms with Crippen molar-refractivity contribution in [3.63, 3.8) is 0 Å². The zero-order chi connectivity index (χ0) is 13.7. The molecule has 1 aromatic heterocycles. The summed E-state index contributed by atoms with van der Waals surface area (Å²) in [5.74, 6) is 1.27. The first-order valence-electron chi connectivity index (χ1n) is 6.82. The van der Waals surface area contributed by atoms with Crippen LogP contribution in [0.3, 0.4) is 0 Å². The van der Waals surface area contributed by atoms with E-state index in [-0.39, 0.29) is 5.91 Å². The summed E-state index contributed by atoms with van der Waals surface area (Å²) in [6.45, 7) is 2.18. The summed E-state index contributed by atoms with van der Waals surface area (Å²) in [6, 6.07) is 3.66. The molecule has 1 saturated carbocycles. The predicted molar refractivity (Wildman–Crippen MR) is 73.5 cm³/mol. The van der Waals surface area contributed by atoms with Gasteiger partial charge < -0.3 is 14.8 Å². The van der Waals surface area contributed by atoms with Crippen LogP contribution in [-0.4, -0.2) is 23.2 Å². The van der Waals surface area contributed by atoms with Crippen LogP contribution in [0.25, 0.3) is 6.08 Å². The highest BCUT2D eigenvalue weighted by Crippen LogP contribution is 2.27. The van der Waals surface area contributed by atoms with Crippen LogP contribution in [0.1, 0.15) is 43.6 Å². The molecule has 0 unspecified atom stereocenters. The maximum absolute atomic E-state index is 11.7. The molecule has 4 heteroatoms. The normalized spacial score (nSPS) is 18.6. The summed E-state index contributed by atoms with van der Waals surface area (Å²) in [4.78, 5) is 11.7. The molecular weight excluding hydrogens is 242 g/mol. The molecule has 0 bridgehead atoms. The molecule has 0 aromatic carbocycles. The maximum atomic E-state index is 11.7. The molecule has 0 atom stereocenters. The van der Waals surface area contributed by atoms with Crippen molar-refractivity contribution in [2.75, 3.05) is 6.54 Å². The Morgan fingerprint density at radius 3 is 2.79 bits per heavy atom. The van der Waals surface area contributed by atoms with Gasteiger partial charge in [-0.3, -0.25) is 4.79 Å². The van der Waals surface area contributed by atoms with Gasteiger partial charge in [-0.2, -0.15) is 0 Å². The smallest absolute Gasteiger partial charge is 0.244 e. The molecule has 104 valence electrons.